The van der Waals surface area contributed by atoms with Gasteiger partial charge in [0.2, 0.25) is 17.7 Å². The number of carbonyl (C=O) groups is 3. The molecule has 2 unspecified atom stereocenters. The Morgan fingerprint density at radius 1 is 1.05 bits per heavy atom. The van der Waals surface area contributed by atoms with Crippen molar-refractivity contribution in [1.29, 1.82) is 0 Å². The minimum Gasteiger partial charge on any atom is -0.368 e. The molecular formula is C12H26N6O3. The Balaban J connectivity index is 4.21. The fourth-order valence-electron chi connectivity index (χ4n) is 1.72. The summed E-state index contributed by atoms with van der Waals surface area (Å²) in [5.41, 5.74) is 15.8. The summed E-state index contributed by atoms with van der Waals surface area (Å²) in [5, 5.41) is 7.77. The Kier molecular flexibility index (Phi) is 10.1. The molecule has 0 aromatic rings. The van der Waals surface area contributed by atoms with E-state index in [1.54, 1.807) is 7.05 Å². The highest BCUT2D eigenvalue weighted by molar-refractivity contribution is 5.90. The number of rotatable bonds is 11. The largest absolute Gasteiger partial charge is 0.368 e. The van der Waals surface area contributed by atoms with Crippen LogP contribution in [0.15, 0.2) is 0 Å². The van der Waals surface area contributed by atoms with Gasteiger partial charge in [0.05, 0.1) is 12.6 Å². The van der Waals surface area contributed by atoms with E-state index >= 15 is 0 Å². The number of amides is 3. The molecule has 0 rings (SSSR count). The average Bonchev–Trinajstić information content (AvgIpc) is 2.45. The zero-order valence-corrected chi connectivity index (χ0v) is 12.4. The van der Waals surface area contributed by atoms with Crippen LogP contribution in [0.5, 0.6) is 0 Å². The molecule has 9 N–H and O–H groups in total. The summed E-state index contributed by atoms with van der Waals surface area (Å²) in [6.07, 6.45) is 1.54. The van der Waals surface area contributed by atoms with Gasteiger partial charge >= 0.3 is 0 Å². The van der Waals surface area contributed by atoms with Gasteiger partial charge in [-0.15, -0.1) is 0 Å². The number of hydrogen-bond donors (Lipinski definition) is 6. The molecule has 0 bridgehead atoms. The fraction of sp³-hybridized carbons (Fsp3) is 0.750. The molecule has 122 valence electrons. The molecule has 0 aliphatic carbocycles. The highest BCUT2D eigenvalue weighted by Crippen LogP contribution is 1.95. The highest BCUT2D eigenvalue weighted by atomic mass is 16.2. The predicted molar refractivity (Wildman–Crippen MR) is 78.9 cm³/mol. The van der Waals surface area contributed by atoms with Crippen LogP contribution in [0.1, 0.15) is 19.3 Å². The Bertz CT molecular complexity index is 350. The third kappa shape index (κ3) is 8.23. The van der Waals surface area contributed by atoms with Crippen LogP contribution in [-0.2, 0) is 14.4 Å². The Morgan fingerprint density at radius 2 is 1.71 bits per heavy atom. The number of nitrogens with two attached hydrogens (primary N) is 3. The lowest BCUT2D eigenvalue weighted by Crippen LogP contribution is -2.50. The molecule has 0 saturated heterocycles. The van der Waals surface area contributed by atoms with Crippen molar-refractivity contribution < 1.29 is 14.4 Å². The summed E-state index contributed by atoms with van der Waals surface area (Å²) >= 11 is 0. The molecule has 0 aromatic carbocycles. The summed E-state index contributed by atoms with van der Waals surface area (Å²) in [4.78, 5) is 34.5. The van der Waals surface area contributed by atoms with Crippen LogP contribution in [0.4, 0.5) is 0 Å². The van der Waals surface area contributed by atoms with Crippen LogP contribution < -0.4 is 33.2 Å². The molecule has 21 heavy (non-hydrogen) atoms. The van der Waals surface area contributed by atoms with Gasteiger partial charge < -0.3 is 33.2 Å². The molecule has 3 amide bonds. The molecule has 0 radical (unpaired) electrons. The molecule has 0 saturated carbocycles. The predicted octanol–water partition coefficient (Wildman–Crippen LogP) is -3.25. The fourth-order valence-corrected chi connectivity index (χ4v) is 1.72. The van der Waals surface area contributed by atoms with Gasteiger partial charge in [-0.05, 0) is 39.4 Å². The first-order valence-electron chi connectivity index (χ1n) is 6.90. The van der Waals surface area contributed by atoms with Crippen LogP contribution in [0.3, 0.4) is 0 Å². The summed E-state index contributed by atoms with van der Waals surface area (Å²) in [7, 11) is 1.66. The quantitative estimate of drug-likeness (QED) is 0.234. The molecule has 0 spiro atoms. The van der Waals surface area contributed by atoms with E-state index in [4.69, 9.17) is 17.2 Å². The van der Waals surface area contributed by atoms with Crippen molar-refractivity contribution in [1.82, 2.24) is 16.0 Å². The van der Waals surface area contributed by atoms with Crippen LogP contribution in [0.2, 0.25) is 0 Å². The third-order valence-electron chi connectivity index (χ3n) is 2.92. The molecular weight excluding hydrogens is 276 g/mol. The van der Waals surface area contributed by atoms with E-state index in [1.165, 1.54) is 0 Å². The van der Waals surface area contributed by atoms with E-state index < -0.39 is 23.9 Å². The summed E-state index contributed by atoms with van der Waals surface area (Å²) in [6.45, 7) is 0.487. The molecule has 0 aliphatic heterocycles. The van der Waals surface area contributed by atoms with Crippen molar-refractivity contribution in [2.24, 2.45) is 17.2 Å². The van der Waals surface area contributed by atoms with Crippen LogP contribution in [0.25, 0.3) is 0 Å². The first-order valence-corrected chi connectivity index (χ1v) is 6.90. The van der Waals surface area contributed by atoms with E-state index in [1.807, 2.05) is 0 Å². The first kappa shape index (κ1) is 19.3. The van der Waals surface area contributed by atoms with Crippen molar-refractivity contribution in [2.45, 2.75) is 31.3 Å². The average molecular weight is 302 g/mol. The zero-order chi connectivity index (χ0) is 16.3. The molecule has 0 heterocycles. The Labute approximate surface area is 124 Å². The SMILES string of the molecule is CNC(CCCN)C(=O)NCC(=O)NC(CCN)C(N)=O. The first-order chi connectivity index (χ1) is 9.96. The topological polar surface area (TPSA) is 165 Å². The van der Waals surface area contributed by atoms with Crippen LogP contribution >= 0.6 is 0 Å². The molecule has 9 nitrogen and oxygen atoms in total. The van der Waals surface area contributed by atoms with Gasteiger partial charge in [-0.2, -0.15) is 0 Å². The number of likely N-dealkylation sites (N-methyl/N-ethyl adjacent to an activating group) is 1. The lowest BCUT2D eigenvalue weighted by molar-refractivity contribution is -0.129. The van der Waals surface area contributed by atoms with Crippen molar-refractivity contribution >= 4 is 17.7 Å². The van der Waals surface area contributed by atoms with Gasteiger partial charge in [0.15, 0.2) is 0 Å². The maximum atomic E-state index is 11.8. The van der Waals surface area contributed by atoms with Crippen molar-refractivity contribution in [3.63, 3.8) is 0 Å². The second kappa shape index (κ2) is 11.0. The summed E-state index contributed by atoms with van der Waals surface area (Å²) < 4.78 is 0. The molecule has 9 heteroatoms. The molecule has 0 aliphatic rings. The van der Waals surface area contributed by atoms with Crippen molar-refractivity contribution in [2.75, 3.05) is 26.7 Å². The van der Waals surface area contributed by atoms with Crippen LogP contribution in [0, 0.1) is 0 Å². The normalized spacial score (nSPS) is 13.3. The number of carbonyl (C=O) groups excluding carboxylic acids is 3. The van der Waals surface area contributed by atoms with Gasteiger partial charge in [0.25, 0.3) is 0 Å². The maximum absolute atomic E-state index is 11.8. The molecule has 0 fully saturated rings. The van der Waals surface area contributed by atoms with Crippen molar-refractivity contribution in [3.8, 4) is 0 Å². The highest BCUT2D eigenvalue weighted by Gasteiger charge is 2.19. The zero-order valence-electron chi connectivity index (χ0n) is 12.4. The molecule has 0 aromatic heterocycles. The van der Waals surface area contributed by atoms with Crippen LogP contribution in [-0.4, -0.2) is 56.5 Å². The molecule has 2 atom stereocenters. The second-order valence-corrected chi connectivity index (χ2v) is 4.59. The van der Waals surface area contributed by atoms with Gasteiger partial charge in [-0.1, -0.05) is 0 Å². The van der Waals surface area contributed by atoms with E-state index in [0.717, 1.165) is 0 Å². The summed E-state index contributed by atoms with van der Waals surface area (Å²) in [5.74, 6) is -1.44. The minimum absolute atomic E-state index is 0.223. The van der Waals surface area contributed by atoms with Gasteiger partial charge in [0.1, 0.15) is 6.04 Å². The number of hydrogen-bond acceptors (Lipinski definition) is 6. The summed E-state index contributed by atoms with van der Waals surface area (Å²) in [6, 6.07) is -1.23. The van der Waals surface area contributed by atoms with Gasteiger partial charge in [0, 0.05) is 0 Å². The lowest BCUT2D eigenvalue weighted by atomic mass is 10.1. The van der Waals surface area contributed by atoms with Crippen molar-refractivity contribution in [3.05, 3.63) is 0 Å². The van der Waals surface area contributed by atoms with E-state index in [9.17, 15) is 14.4 Å². The minimum atomic E-state index is -0.822. The van der Waals surface area contributed by atoms with Gasteiger partial charge in [-0.3, -0.25) is 14.4 Å². The van der Waals surface area contributed by atoms with E-state index in [2.05, 4.69) is 16.0 Å². The van der Waals surface area contributed by atoms with E-state index in [0.29, 0.717) is 19.4 Å². The Morgan fingerprint density at radius 3 is 2.19 bits per heavy atom. The number of primary amides is 1. The van der Waals surface area contributed by atoms with E-state index in [-0.39, 0.29) is 25.4 Å². The lowest BCUT2D eigenvalue weighted by Gasteiger charge is -2.17. The van der Waals surface area contributed by atoms with Gasteiger partial charge in [-0.25, -0.2) is 0 Å². The smallest absolute Gasteiger partial charge is 0.240 e. The monoisotopic (exact) mass is 302 g/mol. The maximum Gasteiger partial charge on any atom is 0.240 e. The third-order valence-corrected chi connectivity index (χ3v) is 2.92. The standard InChI is InChI=1S/C12H26N6O3/c1-16-9(3-2-5-13)12(21)17-7-10(19)18-8(4-6-14)11(15)20/h8-9,16H,2-7,13-14H2,1H3,(H2,15,20)(H,17,21)(H,18,19). The second-order valence-electron chi connectivity index (χ2n) is 4.59. The number of nitrogens with one attached hydrogen (secondary N) is 3. The Hall–Kier alpha value is -1.71.